The molecule has 0 radical (unpaired) electrons. The van der Waals surface area contributed by atoms with Gasteiger partial charge in [0.1, 0.15) is 0 Å². The van der Waals surface area contributed by atoms with Crippen LogP contribution in [-0.2, 0) is 15.3 Å². The summed E-state index contributed by atoms with van der Waals surface area (Å²) >= 11 is 3.47. The minimum atomic E-state index is -0.653. The lowest BCUT2D eigenvalue weighted by molar-refractivity contribution is -0.124. The van der Waals surface area contributed by atoms with Crippen molar-refractivity contribution < 1.29 is 14.3 Å². The van der Waals surface area contributed by atoms with E-state index in [1.54, 1.807) is 30.0 Å². The quantitative estimate of drug-likeness (QED) is 0.579. The number of aromatic nitrogens is 2. The first-order chi connectivity index (χ1) is 11.1. The van der Waals surface area contributed by atoms with Crippen molar-refractivity contribution >= 4 is 35.0 Å². The molecule has 0 unspecified atom stereocenters. The highest BCUT2D eigenvalue weighted by Gasteiger charge is 2.11. The zero-order valence-electron chi connectivity index (χ0n) is 12.7. The van der Waals surface area contributed by atoms with E-state index in [-0.39, 0.29) is 18.2 Å². The molecule has 0 spiro atoms. The normalized spacial score (nSPS) is 10.3. The zero-order valence-corrected chi connectivity index (χ0v) is 14.3. The summed E-state index contributed by atoms with van der Waals surface area (Å²) in [5.41, 5.74) is 0.800. The molecule has 0 aliphatic rings. The van der Waals surface area contributed by atoms with Crippen LogP contribution in [0.15, 0.2) is 29.9 Å². The number of esters is 1. The van der Waals surface area contributed by atoms with Crippen LogP contribution in [0.1, 0.15) is 21.1 Å². The molecule has 2 aromatic rings. The number of ether oxygens (including phenoxy) is 1. The standard InChI is InChI=1S/C15H17N3O3S2/c1-11-7-18-13(8-17-11)15(20)21-9-14(19)16-4-6-22-10-12-3-2-5-23-12/h2-3,5,7-8H,4,6,9-10H2,1H3,(H,16,19). The Morgan fingerprint density at radius 3 is 2.91 bits per heavy atom. The van der Waals surface area contributed by atoms with Crippen molar-refractivity contribution in [3.05, 3.63) is 46.2 Å². The Hall–Kier alpha value is -1.93. The van der Waals surface area contributed by atoms with Gasteiger partial charge >= 0.3 is 5.97 Å². The lowest BCUT2D eigenvalue weighted by Gasteiger charge is -2.06. The number of thiophene rings is 1. The zero-order chi connectivity index (χ0) is 16.5. The van der Waals surface area contributed by atoms with Crippen LogP contribution in [-0.4, -0.2) is 40.7 Å². The Labute approximate surface area is 142 Å². The molecule has 2 rings (SSSR count). The minimum Gasteiger partial charge on any atom is -0.451 e. The molecule has 0 aliphatic heterocycles. The molecule has 8 heteroatoms. The van der Waals surface area contributed by atoms with Crippen molar-refractivity contribution in [1.29, 1.82) is 0 Å². The van der Waals surface area contributed by atoms with Crippen molar-refractivity contribution in [2.24, 2.45) is 0 Å². The summed E-state index contributed by atoms with van der Waals surface area (Å²) in [5.74, 6) is 0.769. The Bertz CT molecular complexity index is 630. The maximum absolute atomic E-state index is 11.7. The average molecular weight is 351 g/mol. The molecule has 0 atom stereocenters. The van der Waals surface area contributed by atoms with Gasteiger partial charge in [-0.05, 0) is 18.4 Å². The third-order valence-corrected chi connectivity index (χ3v) is 4.78. The van der Waals surface area contributed by atoms with Crippen LogP contribution in [0.3, 0.4) is 0 Å². The highest BCUT2D eigenvalue weighted by atomic mass is 32.2. The number of hydrogen-bond donors (Lipinski definition) is 1. The first kappa shape index (κ1) is 17.4. The van der Waals surface area contributed by atoms with Crippen LogP contribution in [0, 0.1) is 6.92 Å². The van der Waals surface area contributed by atoms with E-state index >= 15 is 0 Å². The number of nitrogens with zero attached hydrogens (tertiary/aromatic N) is 2. The van der Waals surface area contributed by atoms with Gasteiger partial charge in [-0.3, -0.25) is 9.78 Å². The van der Waals surface area contributed by atoms with Gasteiger partial charge in [-0.15, -0.1) is 11.3 Å². The van der Waals surface area contributed by atoms with E-state index in [9.17, 15) is 9.59 Å². The van der Waals surface area contributed by atoms with Crippen molar-refractivity contribution in [3.8, 4) is 0 Å². The number of thioether (sulfide) groups is 1. The average Bonchev–Trinajstić information content (AvgIpc) is 3.06. The van der Waals surface area contributed by atoms with Gasteiger partial charge in [0, 0.05) is 29.1 Å². The van der Waals surface area contributed by atoms with Gasteiger partial charge in [0.25, 0.3) is 5.91 Å². The maximum atomic E-state index is 11.7. The van der Waals surface area contributed by atoms with E-state index in [4.69, 9.17) is 4.74 Å². The van der Waals surface area contributed by atoms with Gasteiger partial charge in [-0.25, -0.2) is 9.78 Å². The van der Waals surface area contributed by atoms with E-state index in [2.05, 4.69) is 21.4 Å². The SMILES string of the molecule is Cc1cnc(C(=O)OCC(=O)NCCSCc2cccs2)cn1. The summed E-state index contributed by atoms with van der Waals surface area (Å²) in [6.07, 6.45) is 2.80. The second-order valence-corrected chi connectivity index (χ2v) is 6.74. The third-order valence-electron chi connectivity index (χ3n) is 2.72. The molecule has 0 bridgehead atoms. The molecular formula is C15H17N3O3S2. The van der Waals surface area contributed by atoms with Crippen LogP contribution in [0.4, 0.5) is 0 Å². The lowest BCUT2D eigenvalue weighted by atomic mass is 10.4. The van der Waals surface area contributed by atoms with E-state index in [1.165, 1.54) is 17.3 Å². The Morgan fingerprint density at radius 1 is 1.35 bits per heavy atom. The number of aryl methyl sites for hydroxylation is 1. The van der Waals surface area contributed by atoms with Gasteiger partial charge in [-0.1, -0.05) is 6.07 Å². The van der Waals surface area contributed by atoms with E-state index < -0.39 is 5.97 Å². The Morgan fingerprint density at radius 2 is 2.22 bits per heavy atom. The topological polar surface area (TPSA) is 81.2 Å². The van der Waals surface area contributed by atoms with Crippen molar-refractivity contribution in [2.75, 3.05) is 18.9 Å². The lowest BCUT2D eigenvalue weighted by Crippen LogP contribution is -2.30. The predicted molar refractivity (Wildman–Crippen MR) is 90.5 cm³/mol. The summed E-state index contributed by atoms with van der Waals surface area (Å²) in [6, 6.07) is 4.11. The number of rotatable bonds is 8. The number of amides is 1. The summed E-state index contributed by atoms with van der Waals surface area (Å²) in [5, 5.41) is 4.76. The van der Waals surface area contributed by atoms with Crippen LogP contribution in [0.2, 0.25) is 0 Å². The van der Waals surface area contributed by atoms with Crippen LogP contribution < -0.4 is 5.32 Å². The molecule has 1 N–H and O–H groups in total. The second kappa shape index (κ2) is 9.26. The highest BCUT2D eigenvalue weighted by molar-refractivity contribution is 7.98. The first-order valence-corrected chi connectivity index (χ1v) is 9.01. The monoisotopic (exact) mass is 351 g/mol. The van der Waals surface area contributed by atoms with Gasteiger partial charge in [0.2, 0.25) is 0 Å². The molecule has 2 aromatic heterocycles. The summed E-state index contributed by atoms with van der Waals surface area (Å²) in [4.78, 5) is 32.4. The van der Waals surface area contributed by atoms with E-state index in [0.29, 0.717) is 12.2 Å². The second-order valence-electron chi connectivity index (χ2n) is 4.60. The molecule has 0 saturated carbocycles. The molecule has 122 valence electrons. The number of carbonyl (C=O) groups is 2. The predicted octanol–water partition coefficient (Wildman–Crippen LogP) is 2.05. The molecule has 2 heterocycles. The summed E-state index contributed by atoms with van der Waals surface area (Å²) in [7, 11) is 0. The number of hydrogen-bond acceptors (Lipinski definition) is 7. The summed E-state index contributed by atoms with van der Waals surface area (Å²) < 4.78 is 4.89. The highest BCUT2D eigenvalue weighted by Crippen LogP contribution is 2.16. The van der Waals surface area contributed by atoms with E-state index in [0.717, 1.165) is 11.5 Å². The van der Waals surface area contributed by atoms with Crippen LogP contribution in [0.5, 0.6) is 0 Å². The minimum absolute atomic E-state index is 0.0925. The van der Waals surface area contributed by atoms with Crippen LogP contribution >= 0.6 is 23.1 Å². The molecule has 6 nitrogen and oxygen atoms in total. The molecule has 0 saturated heterocycles. The molecule has 0 fully saturated rings. The fourth-order valence-electron chi connectivity index (χ4n) is 1.58. The molecule has 0 aromatic carbocycles. The molecular weight excluding hydrogens is 334 g/mol. The number of nitrogens with one attached hydrogen (secondary N) is 1. The smallest absolute Gasteiger partial charge is 0.359 e. The Balaban J connectivity index is 1.57. The summed E-state index contributed by atoms with van der Waals surface area (Å²) in [6.45, 7) is 1.99. The maximum Gasteiger partial charge on any atom is 0.359 e. The first-order valence-electron chi connectivity index (χ1n) is 6.98. The van der Waals surface area contributed by atoms with Crippen LogP contribution in [0.25, 0.3) is 0 Å². The van der Waals surface area contributed by atoms with Crippen molar-refractivity contribution in [2.45, 2.75) is 12.7 Å². The molecule has 0 aliphatic carbocycles. The van der Waals surface area contributed by atoms with Gasteiger partial charge in [0.15, 0.2) is 12.3 Å². The van der Waals surface area contributed by atoms with Crippen molar-refractivity contribution in [1.82, 2.24) is 15.3 Å². The molecule has 1 amide bonds. The van der Waals surface area contributed by atoms with Gasteiger partial charge in [0.05, 0.1) is 11.9 Å². The fourth-order valence-corrected chi connectivity index (χ4v) is 3.28. The number of carbonyl (C=O) groups excluding carboxylic acids is 2. The largest absolute Gasteiger partial charge is 0.451 e. The Kier molecular flexibility index (Phi) is 7.02. The fraction of sp³-hybridized carbons (Fsp3) is 0.333. The van der Waals surface area contributed by atoms with Gasteiger partial charge < -0.3 is 10.1 Å². The van der Waals surface area contributed by atoms with E-state index in [1.807, 2.05) is 11.4 Å². The third kappa shape index (κ3) is 6.37. The molecule has 23 heavy (non-hydrogen) atoms. The van der Waals surface area contributed by atoms with Crippen molar-refractivity contribution in [3.63, 3.8) is 0 Å². The van der Waals surface area contributed by atoms with Gasteiger partial charge in [-0.2, -0.15) is 11.8 Å².